The Kier molecular flexibility index (Phi) is 5.98. The minimum atomic E-state index is -0.525. The number of hydrogen-bond donors (Lipinski definition) is 3. The summed E-state index contributed by atoms with van der Waals surface area (Å²) < 4.78 is 3.04. The van der Waals surface area contributed by atoms with Crippen molar-refractivity contribution in [2.45, 2.75) is 45.6 Å². The highest BCUT2D eigenvalue weighted by Crippen LogP contribution is 2.38. The molecule has 3 N–H and O–H groups in total. The van der Waals surface area contributed by atoms with Gasteiger partial charge in [0, 0.05) is 24.7 Å². The second-order valence-electron chi connectivity index (χ2n) is 8.59. The summed E-state index contributed by atoms with van der Waals surface area (Å²) in [6.45, 7) is 2.40. The van der Waals surface area contributed by atoms with Gasteiger partial charge in [0.2, 0.25) is 0 Å². The normalized spacial score (nSPS) is 13.1. The molecule has 35 heavy (non-hydrogen) atoms. The second-order valence-corrected chi connectivity index (χ2v) is 9.69. The molecule has 10 heteroatoms. The van der Waals surface area contributed by atoms with Crippen LogP contribution < -0.4 is 21.7 Å². The van der Waals surface area contributed by atoms with E-state index in [0.717, 1.165) is 36.1 Å². The molecular weight excluding hydrogens is 464 g/mol. The fourth-order valence-corrected chi connectivity index (χ4v) is 5.97. The Bertz CT molecular complexity index is 1610. The van der Waals surface area contributed by atoms with Crippen molar-refractivity contribution in [1.82, 2.24) is 19.3 Å². The molecule has 180 valence electrons. The third kappa shape index (κ3) is 3.83. The number of amides is 2. The Morgan fingerprint density at radius 1 is 1.20 bits per heavy atom. The summed E-state index contributed by atoms with van der Waals surface area (Å²) in [5, 5.41) is 15.1. The van der Waals surface area contributed by atoms with Gasteiger partial charge in [-0.2, -0.15) is 0 Å². The van der Waals surface area contributed by atoms with Gasteiger partial charge in [-0.15, -0.1) is 11.3 Å². The number of carbonyl (C=O) groups is 2. The van der Waals surface area contributed by atoms with Gasteiger partial charge in [0.25, 0.3) is 17.4 Å². The summed E-state index contributed by atoms with van der Waals surface area (Å²) in [5.41, 5.74) is 2.09. The Labute approximate surface area is 205 Å². The van der Waals surface area contributed by atoms with E-state index < -0.39 is 5.91 Å². The molecule has 0 spiro atoms. The van der Waals surface area contributed by atoms with Crippen molar-refractivity contribution >= 4 is 44.8 Å². The molecule has 0 fully saturated rings. The van der Waals surface area contributed by atoms with Gasteiger partial charge in [-0.3, -0.25) is 24.2 Å². The summed E-state index contributed by atoms with van der Waals surface area (Å²) in [6, 6.07) is 6.72. The molecule has 2 amide bonds. The van der Waals surface area contributed by atoms with E-state index in [1.165, 1.54) is 21.8 Å². The van der Waals surface area contributed by atoms with Crippen LogP contribution in [0.15, 0.2) is 35.3 Å². The first-order valence-corrected chi connectivity index (χ1v) is 12.5. The first kappa shape index (κ1) is 23.0. The lowest BCUT2D eigenvalue weighted by molar-refractivity contribution is 0.0963. The maximum atomic E-state index is 13.5. The molecule has 0 aliphatic heterocycles. The molecule has 5 rings (SSSR count). The zero-order chi connectivity index (χ0) is 24.7. The average Bonchev–Trinajstić information content (AvgIpc) is 3.23. The van der Waals surface area contributed by atoms with Gasteiger partial charge in [-0.05, 0) is 55.9 Å². The summed E-state index contributed by atoms with van der Waals surface area (Å²) in [5.74, 6) is -0.762. The van der Waals surface area contributed by atoms with E-state index in [9.17, 15) is 14.4 Å². The minimum absolute atomic E-state index is 0.0214. The summed E-state index contributed by atoms with van der Waals surface area (Å²) in [7, 11) is 1.57. The van der Waals surface area contributed by atoms with Crippen LogP contribution in [0.3, 0.4) is 0 Å². The van der Waals surface area contributed by atoms with Crippen LogP contribution in [0.4, 0.5) is 5.00 Å². The quantitative estimate of drug-likeness (QED) is 0.372. The second kappa shape index (κ2) is 9.10. The van der Waals surface area contributed by atoms with Crippen LogP contribution in [-0.2, 0) is 19.4 Å². The first-order chi connectivity index (χ1) is 16.9. The summed E-state index contributed by atoms with van der Waals surface area (Å²) in [4.78, 5) is 45.2. The number of hydrogen-bond acceptors (Lipinski definition) is 6. The molecule has 1 aliphatic rings. The molecule has 9 nitrogen and oxygen atoms in total. The zero-order valence-electron chi connectivity index (χ0n) is 19.6. The van der Waals surface area contributed by atoms with E-state index in [-0.39, 0.29) is 27.9 Å². The number of pyridine rings is 2. The molecule has 0 saturated heterocycles. The van der Waals surface area contributed by atoms with Crippen molar-refractivity contribution in [3.63, 3.8) is 0 Å². The van der Waals surface area contributed by atoms with Crippen LogP contribution in [0.2, 0.25) is 0 Å². The Morgan fingerprint density at radius 2 is 2.00 bits per heavy atom. The Balaban J connectivity index is 1.66. The fourth-order valence-electron chi connectivity index (χ4n) is 4.69. The molecule has 0 radical (unpaired) electrons. The topological polar surface area (TPSA) is 121 Å². The highest BCUT2D eigenvalue weighted by Gasteiger charge is 2.27. The summed E-state index contributed by atoms with van der Waals surface area (Å²) >= 11 is 1.42. The van der Waals surface area contributed by atoms with E-state index in [4.69, 9.17) is 5.41 Å². The van der Waals surface area contributed by atoms with Crippen LogP contribution in [0.1, 0.15) is 57.3 Å². The zero-order valence-corrected chi connectivity index (χ0v) is 20.4. The molecule has 0 saturated carbocycles. The lowest BCUT2D eigenvalue weighted by atomic mass is 9.95. The monoisotopic (exact) mass is 490 g/mol. The average molecular weight is 491 g/mol. The van der Waals surface area contributed by atoms with Crippen LogP contribution in [-0.4, -0.2) is 32.8 Å². The van der Waals surface area contributed by atoms with Gasteiger partial charge in [0.15, 0.2) is 0 Å². The van der Waals surface area contributed by atoms with Gasteiger partial charge in [0.05, 0.1) is 16.5 Å². The molecule has 0 bridgehead atoms. The minimum Gasteiger partial charge on any atom is -0.355 e. The number of nitrogens with one attached hydrogen (secondary N) is 3. The highest BCUT2D eigenvalue weighted by molar-refractivity contribution is 7.17. The van der Waals surface area contributed by atoms with E-state index in [1.54, 1.807) is 36.0 Å². The number of carbonyl (C=O) groups excluding carboxylic acids is 2. The fraction of sp³-hybridized carbons (Fsp3) is 0.320. The van der Waals surface area contributed by atoms with Crippen LogP contribution in [0.25, 0.3) is 16.7 Å². The van der Waals surface area contributed by atoms with Crippen LogP contribution in [0, 0.1) is 5.41 Å². The number of rotatable bonds is 5. The van der Waals surface area contributed by atoms with Crippen LogP contribution >= 0.6 is 11.3 Å². The number of aromatic nitrogens is 3. The van der Waals surface area contributed by atoms with Crippen molar-refractivity contribution in [2.75, 3.05) is 12.4 Å². The third-order valence-corrected chi connectivity index (χ3v) is 7.57. The smallest absolute Gasteiger partial charge is 0.267 e. The van der Waals surface area contributed by atoms with Gasteiger partial charge in [0.1, 0.15) is 21.8 Å². The lowest BCUT2D eigenvalue weighted by Crippen LogP contribution is -2.32. The van der Waals surface area contributed by atoms with Gasteiger partial charge >= 0.3 is 0 Å². The predicted octanol–water partition coefficient (Wildman–Crippen LogP) is 3.09. The molecule has 4 heterocycles. The number of anilines is 1. The van der Waals surface area contributed by atoms with E-state index >= 15 is 0 Å². The number of fused-ring (bicyclic) bond motifs is 3. The van der Waals surface area contributed by atoms with Gasteiger partial charge in [-0.1, -0.05) is 13.0 Å². The highest BCUT2D eigenvalue weighted by atomic mass is 32.1. The van der Waals surface area contributed by atoms with Gasteiger partial charge < -0.3 is 15.2 Å². The van der Waals surface area contributed by atoms with Crippen molar-refractivity contribution < 1.29 is 9.59 Å². The first-order valence-electron chi connectivity index (χ1n) is 11.7. The van der Waals surface area contributed by atoms with E-state index in [0.29, 0.717) is 34.8 Å². The predicted molar refractivity (Wildman–Crippen MR) is 135 cm³/mol. The van der Waals surface area contributed by atoms with Crippen molar-refractivity contribution in [3.8, 4) is 0 Å². The molecule has 1 aliphatic carbocycles. The Hall–Kier alpha value is -3.79. The molecular formula is C25H26N6O3S. The van der Waals surface area contributed by atoms with Gasteiger partial charge in [-0.25, -0.2) is 4.98 Å². The molecule has 4 aromatic rings. The molecule has 0 aromatic carbocycles. The molecule has 0 unspecified atom stereocenters. The third-order valence-electron chi connectivity index (χ3n) is 6.36. The SMILES string of the molecule is CCCn1c(=N)c(C(=O)Nc2sc3c(c2C(=O)NC)CCCC3)cc2c(=O)n3ccccc3nc21. The largest absolute Gasteiger partial charge is 0.355 e. The standard InChI is InChI=1S/C25H26N6O3S/c1-3-11-31-20(26)15(13-16-21(31)28-18-10-6-7-12-30(18)25(16)34)22(32)29-24-19(23(33)27-2)14-8-4-5-9-17(14)35-24/h6-7,10,12-13,26H,3-5,8-9,11H2,1-2H3,(H,27,33)(H,29,32). The van der Waals surface area contributed by atoms with E-state index in [1.807, 2.05) is 6.92 Å². The van der Waals surface area contributed by atoms with Crippen molar-refractivity contribution in [1.29, 1.82) is 5.41 Å². The maximum absolute atomic E-state index is 13.5. The van der Waals surface area contributed by atoms with Crippen LogP contribution in [0.5, 0.6) is 0 Å². The lowest BCUT2D eigenvalue weighted by Gasteiger charge is -2.14. The Morgan fingerprint density at radius 3 is 2.77 bits per heavy atom. The molecule has 0 atom stereocenters. The number of nitrogens with zero attached hydrogens (tertiary/aromatic N) is 3. The number of aryl methyl sites for hydroxylation is 2. The summed E-state index contributed by atoms with van der Waals surface area (Å²) in [6.07, 6.45) is 6.07. The molecule has 4 aromatic heterocycles. The van der Waals surface area contributed by atoms with E-state index in [2.05, 4.69) is 15.6 Å². The maximum Gasteiger partial charge on any atom is 0.267 e. The van der Waals surface area contributed by atoms with Crippen molar-refractivity contribution in [2.24, 2.45) is 0 Å². The number of thiophene rings is 1. The van der Waals surface area contributed by atoms with Crippen molar-refractivity contribution in [3.05, 3.63) is 67.9 Å².